The van der Waals surface area contributed by atoms with Crippen molar-refractivity contribution in [3.05, 3.63) is 70.5 Å². The van der Waals surface area contributed by atoms with Crippen LogP contribution in [0.2, 0.25) is 0 Å². The summed E-state index contributed by atoms with van der Waals surface area (Å²) in [5.41, 5.74) is 0.725. The van der Waals surface area contributed by atoms with E-state index in [4.69, 9.17) is 4.74 Å². The van der Waals surface area contributed by atoms with E-state index in [1.807, 2.05) is 0 Å². The lowest BCUT2D eigenvalue weighted by atomic mass is 10.0. The van der Waals surface area contributed by atoms with Crippen molar-refractivity contribution in [1.29, 1.82) is 0 Å². The van der Waals surface area contributed by atoms with Gasteiger partial charge in [0.25, 0.3) is 5.56 Å². The van der Waals surface area contributed by atoms with E-state index in [0.717, 1.165) is 0 Å². The van der Waals surface area contributed by atoms with Gasteiger partial charge in [-0.05, 0) is 69.3 Å². The second kappa shape index (κ2) is 8.18. The lowest BCUT2D eigenvalue weighted by molar-refractivity contribution is 0.0289. The summed E-state index contributed by atoms with van der Waals surface area (Å²) in [4.78, 5) is 31.3. The van der Waals surface area contributed by atoms with Crippen molar-refractivity contribution < 1.29 is 18.3 Å². The summed E-state index contributed by atoms with van der Waals surface area (Å²) >= 11 is 0. The summed E-state index contributed by atoms with van der Waals surface area (Å²) in [6.45, 7) is 7.92. The molecule has 0 bridgehead atoms. The van der Waals surface area contributed by atoms with Gasteiger partial charge >= 0.3 is 6.09 Å². The van der Waals surface area contributed by atoms with Gasteiger partial charge in [-0.15, -0.1) is 0 Å². The number of carbonyl (C=O) groups is 1. The number of halogens is 2. The van der Waals surface area contributed by atoms with Crippen LogP contribution in [0.4, 0.5) is 13.6 Å². The molecule has 1 aromatic carbocycles. The van der Waals surface area contributed by atoms with E-state index >= 15 is 4.39 Å². The second-order valence-corrected chi connectivity index (χ2v) is 10.0. The minimum absolute atomic E-state index is 0.0352. The molecule has 4 aromatic rings. The number of amides is 1. The smallest absolute Gasteiger partial charge is 0.410 e. The molecule has 1 amide bonds. The highest BCUT2D eigenvalue weighted by Crippen LogP contribution is 2.29. The second-order valence-electron chi connectivity index (χ2n) is 10.0. The number of ether oxygens (including phenoxy) is 1. The number of benzene rings is 1. The Kier molecular flexibility index (Phi) is 5.38. The number of carbonyl (C=O) groups excluding carboxylic acids is 1. The molecule has 0 spiro atoms. The maximum atomic E-state index is 15.3. The highest BCUT2D eigenvalue weighted by Gasteiger charge is 2.31. The van der Waals surface area contributed by atoms with E-state index in [9.17, 15) is 14.0 Å². The Bertz CT molecular complexity index is 1530. The molecule has 1 aliphatic heterocycles. The summed E-state index contributed by atoms with van der Waals surface area (Å²) in [6.07, 6.45) is 5.14. The van der Waals surface area contributed by atoms with Crippen LogP contribution in [0.5, 0.6) is 0 Å². The van der Waals surface area contributed by atoms with E-state index in [0.29, 0.717) is 41.7 Å². The first-order valence-electron chi connectivity index (χ1n) is 11.5. The molecule has 1 unspecified atom stereocenters. The van der Waals surface area contributed by atoms with Gasteiger partial charge in [0.1, 0.15) is 11.4 Å². The monoisotopic (exact) mass is 480 g/mol. The number of aromatic nitrogens is 3. The molecule has 7 nitrogen and oxygen atoms in total. The third-order valence-electron chi connectivity index (χ3n) is 6.15. The number of aryl methyl sites for hydroxylation is 1. The molecule has 0 radical (unpaired) electrons. The number of rotatable bonds is 2. The molecule has 4 heterocycles. The van der Waals surface area contributed by atoms with E-state index in [1.165, 1.54) is 16.7 Å². The molecule has 0 N–H and O–H groups in total. The fraction of sp³-hybridized carbons (Fsp3) is 0.346. The zero-order valence-electron chi connectivity index (χ0n) is 20.0. The number of likely N-dealkylation sites (tertiary alicyclic amines) is 1. The van der Waals surface area contributed by atoms with Gasteiger partial charge in [-0.3, -0.25) is 4.79 Å². The topological polar surface area (TPSA) is 68.8 Å². The van der Waals surface area contributed by atoms with Crippen LogP contribution >= 0.6 is 0 Å². The summed E-state index contributed by atoms with van der Waals surface area (Å²) < 4.78 is 38.3. The third-order valence-corrected chi connectivity index (χ3v) is 6.15. The number of hydrogen-bond donors (Lipinski definition) is 0. The Morgan fingerprint density at radius 1 is 1.11 bits per heavy atom. The van der Waals surface area contributed by atoms with Crippen molar-refractivity contribution in [1.82, 2.24) is 18.9 Å². The van der Waals surface area contributed by atoms with Crippen LogP contribution < -0.4 is 5.56 Å². The SMILES string of the molecule is Cc1cn2cc(-c3cc(F)c4c(=O)n(C5CCN(C(=O)OC(C)(C)C)C5)ccc4c3)cc(F)c2n1. The maximum absolute atomic E-state index is 15.3. The Morgan fingerprint density at radius 3 is 2.60 bits per heavy atom. The van der Waals surface area contributed by atoms with Crippen LogP contribution in [0, 0.1) is 18.6 Å². The zero-order valence-corrected chi connectivity index (χ0v) is 20.0. The molecule has 1 fully saturated rings. The normalized spacial score (nSPS) is 16.4. The van der Waals surface area contributed by atoms with Gasteiger partial charge in [-0.25, -0.2) is 18.6 Å². The predicted molar refractivity (Wildman–Crippen MR) is 129 cm³/mol. The van der Waals surface area contributed by atoms with Gasteiger partial charge in [0.05, 0.1) is 17.1 Å². The average Bonchev–Trinajstić information content (AvgIpc) is 3.39. The van der Waals surface area contributed by atoms with E-state index < -0.39 is 28.9 Å². The first-order chi connectivity index (χ1) is 16.5. The number of nitrogens with zero attached hydrogens (tertiary/aromatic N) is 4. The number of pyridine rings is 2. The largest absolute Gasteiger partial charge is 0.444 e. The van der Waals surface area contributed by atoms with Gasteiger partial charge in [0, 0.05) is 37.2 Å². The van der Waals surface area contributed by atoms with Crippen LogP contribution in [0.15, 0.2) is 47.7 Å². The van der Waals surface area contributed by atoms with Crippen LogP contribution in [-0.4, -0.2) is 43.6 Å². The summed E-state index contributed by atoms with van der Waals surface area (Å²) in [5.74, 6) is -1.19. The standard InChI is InChI=1S/C26H26F2N4O3/c1-15-12-31-13-18(11-21(28)23(31)29-15)17-9-16-5-8-32(24(33)22(16)20(27)10-17)19-6-7-30(14-19)25(34)35-26(2,3)4/h5,8-13,19H,6-7,14H2,1-4H3. The molecule has 1 atom stereocenters. The fourth-order valence-electron chi connectivity index (χ4n) is 4.60. The number of hydrogen-bond acceptors (Lipinski definition) is 4. The number of imidazole rings is 1. The average molecular weight is 481 g/mol. The van der Waals surface area contributed by atoms with Crippen molar-refractivity contribution in [2.24, 2.45) is 0 Å². The molecule has 0 aliphatic carbocycles. The Morgan fingerprint density at radius 2 is 1.86 bits per heavy atom. The Balaban J connectivity index is 1.48. The van der Waals surface area contributed by atoms with Gasteiger partial charge < -0.3 is 18.6 Å². The molecule has 182 valence electrons. The van der Waals surface area contributed by atoms with Gasteiger partial charge in [0.2, 0.25) is 0 Å². The van der Waals surface area contributed by atoms with E-state index in [2.05, 4.69) is 4.98 Å². The lowest BCUT2D eigenvalue weighted by Gasteiger charge is -2.24. The number of fused-ring (bicyclic) bond motifs is 2. The fourth-order valence-corrected chi connectivity index (χ4v) is 4.60. The van der Waals surface area contributed by atoms with E-state index in [1.54, 1.807) is 67.7 Å². The van der Waals surface area contributed by atoms with Crippen molar-refractivity contribution in [2.45, 2.75) is 45.8 Å². The van der Waals surface area contributed by atoms with Crippen LogP contribution in [0.3, 0.4) is 0 Å². The highest BCUT2D eigenvalue weighted by atomic mass is 19.1. The minimum atomic E-state index is -0.679. The third kappa shape index (κ3) is 4.26. The predicted octanol–water partition coefficient (Wildman–Crippen LogP) is 5.08. The first-order valence-corrected chi connectivity index (χ1v) is 11.5. The van der Waals surface area contributed by atoms with Crippen LogP contribution in [0.1, 0.15) is 38.9 Å². The van der Waals surface area contributed by atoms with Gasteiger partial charge in [-0.1, -0.05) is 0 Å². The van der Waals surface area contributed by atoms with Crippen molar-refractivity contribution >= 4 is 22.5 Å². The molecule has 9 heteroatoms. The van der Waals surface area contributed by atoms with Crippen LogP contribution in [0.25, 0.3) is 27.5 Å². The van der Waals surface area contributed by atoms with Crippen LogP contribution in [-0.2, 0) is 4.74 Å². The van der Waals surface area contributed by atoms with Gasteiger partial charge in [0.15, 0.2) is 11.5 Å². The first kappa shape index (κ1) is 23.0. The summed E-state index contributed by atoms with van der Waals surface area (Å²) in [6, 6.07) is 5.64. The Hall–Kier alpha value is -3.75. The Labute approximate surface area is 200 Å². The quantitative estimate of drug-likeness (QED) is 0.401. The molecule has 1 aliphatic rings. The molecular weight excluding hydrogens is 454 g/mol. The summed E-state index contributed by atoms with van der Waals surface area (Å²) in [7, 11) is 0. The zero-order chi connectivity index (χ0) is 25.1. The van der Waals surface area contributed by atoms with Crippen molar-refractivity contribution in [3.8, 4) is 11.1 Å². The maximum Gasteiger partial charge on any atom is 0.410 e. The van der Waals surface area contributed by atoms with Gasteiger partial charge in [-0.2, -0.15) is 0 Å². The minimum Gasteiger partial charge on any atom is -0.444 e. The van der Waals surface area contributed by atoms with Crippen molar-refractivity contribution in [2.75, 3.05) is 13.1 Å². The lowest BCUT2D eigenvalue weighted by Crippen LogP contribution is -2.36. The molecule has 35 heavy (non-hydrogen) atoms. The molecule has 0 saturated carbocycles. The van der Waals surface area contributed by atoms with Crippen molar-refractivity contribution in [3.63, 3.8) is 0 Å². The molecule has 5 rings (SSSR count). The highest BCUT2D eigenvalue weighted by molar-refractivity contribution is 5.87. The molecule has 3 aromatic heterocycles. The molecule has 1 saturated heterocycles. The molecular formula is C26H26F2N4O3. The van der Waals surface area contributed by atoms with E-state index in [-0.39, 0.29) is 17.1 Å². The summed E-state index contributed by atoms with van der Waals surface area (Å²) in [5, 5.41) is 0.387.